The van der Waals surface area contributed by atoms with E-state index in [1.54, 1.807) is 7.11 Å². The molecule has 0 N–H and O–H groups in total. The summed E-state index contributed by atoms with van der Waals surface area (Å²) in [6, 6.07) is 22.2. The largest absolute Gasteiger partial charge is 0.497 e. The molecule has 0 aliphatic carbocycles. The van der Waals surface area contributed by atoms with Crippen LogP contribution in [0.3, 0.4) is 0 Å². The van der Waals surface area contributed by atoms with Crippen LogP contribution in [0.2, 0.25) is 0 Å². The van der Waals surface area contributed by atoms with Crippen LogP contribution in [0.5, 0.6) is 23.0 Å². The number of hydrogen-bond acceptors (Lipinski definition) is 6. The van der Waals surface area contributed by atoms with Crippen LogP contribution in [0.15, 0.2) is 71.8 Å². The molecule has 0 spiro atoms. The second kappa shape index (κ2) is 9.06. The topological polar surface area (TPSA) is 52.5 Å². The Morgan fingerprint density at radius 1 is 0.939 bits per heavy atom. The molecule has 2 aliphatic rings. The molecule has 3 aromatic rings. The summed E-state index contributed by atoms with van der Waals surface area (Å²) in [6.07, 6.45) is 0.398. The molecule has 0 saturated carbocycles. The summed E-state index contributed by atoms with van der Waals surface area (Å²) in [5.74, 6) is 3.21. The van der Waals surface area contributed by atoms with E-state index in [2.05, 4.69) is 17.1 Å². The maximum Gasteiger partial charge on any atom is 0.214 e. The predicted molar refractivity (Wildman–Crippen MR) is 127 cm³/mol. The van der Waals surface area contributed by atoms with Crippen LogP contribution < -0.4 is 18.9 Å². The Morgan fingerprint density at radius 3 is 2.48 bits per heavy atom. The van der Waals surface area contributed by atoms with Crippen LogP contribution in [-0.2, 0) is 0 Å². The van der Waals surface area contributed by atoms with Crippen molar-refractivity contribution in [3.8, 4) is 23.0 Å². The number of fused-ring (bicyclic) bond motifs is 3. The minimum absolute atomic E-state index is 0.0481. The zero-order valence-corrected chi connectivity index (χ0v) is 19.2. The maximum atomic E-state index is 6.57. The number of hydrogen-bond donors (Lipinski definition) is 0. The van der Waals surface area contributed by atoms with Gasteiger partial charge in [0.05, 0.1) is 32.1 Å². The highest BCUT2D eigenvalue weighted by Gasteiger charge is 2.42. The zero-order valence-electron chi connectivity index (χ0n) is 19.2. The lowest BCUT2D eigenvalue weighted by atomic mass is 9.95. The number of ether oxygens (including phenoxy) is 4. The summed E-state index contributed by atoms with van der Waals surface area (Å²) >= 11 is 0. The van der Waals surface area contributed by atoms with Gasteiger partial charge in [0.2, 0.25) is 6.23 Å². The van der Waals surface area contributed by atoms with E-state index in [1.807, 2.05) is 68.4 Å². The van der Waals surface area contributed by atoms with Crippen LogP contribution in [0.4, 0.5) is 0 Å². The number of para-hydroxylation sites is 1. The van der Waals surface area contributed by atoms with Gasteiger partial charge in [-0.3, -0.25) is 0 Å². The van der Waals surface area contributed by atoms with Crippen LogP contribution in [0, 0.1) is 0 Å². The number of nitrogens with zero attached hydrogens (tertiary/aromatic N) is 2. The van der Waals surface area contributed by atoms with Crippen LogP contribution in [-0.4, -0.2) is 31.0 Å². The van der Waals surface area contributed by atoms with Crippen molar-refractivity contribution in [2.24, 2.45) is 5.10 Å². The third kappa shape index (κ3) is 3.97. The lowest BCUT2D eigenvalue weighted by molar-refractivity contribution is -0.0212. The van der Waals surface area contributed by atoms with Gasteiger partial charge in [0, 0.05) is 23.1 Å². The standard InChI is InChI=1S/C27H28N2O4/c1-4-31-20-14-12-18(13-15-20)27-29-24(22-10-7-11-25(32-5-2)26(22)33-27)17-23(28-29)19-8-6-9-21(16-19)30-3/h6-16,24,27H,4-5,17H2,1-3H3/t24-,27+/m0/s1. The van der Waals surface area contributed by atoms with E-state index in [0.717, 1.165) is 51.8 Å². The van der Waals surface area contributed by atoms with Crippen molar-refractivity contribution in [2.75, 3.05) is 20.3 Å². The minimum Gasteiger partial charge on any atom is -0.497 e. The average molecular weight is 445 g/mol. The summed E-state index contributed by atoms with van der Waals surface area (Å²) in [6.45, 7) is 5.17. The molecule has 0 aromatic heterocycles. The summed E-state index contributed by atoms with van der Waals surface area (Å²) in [5, 5.41) is 7.12. The first-order valence-electron chi connectivity index (χ1n) is 11.4. The lowest BCUT2D eigenvalue weighted by Crippen LogP contribution is -2.33. The fraction of sp³-hybridized carbons (Fsp3) is 0.296. The van der Waals surface area contributed by atoms with Gasteiger partial charge in [-0.15, -0.1) is 0 Å². The van der Waals surface area contributed by atoms with Gasteiger partial charge in [-0.05, 0) is 56.3 Å². The minimum atomic E-state index is -0.372. The van der Waals surface area contributed by atoms with Gasteiger partial charge in [-0.2, -0.15) is 5.10 Å². The lowest BCUT2D eigenvalue weighted by Gasteiger charge is -2.38. The predicted octanol–water partition coefficient (Wildman–Crippen LogP) is 5.73. The van der Waals surface area contributed by atoms with Gasteiger partial charge in [0.15, 0.2) is 11.5 Å². The van der Waals surface area contributed by atoms with Gasteiger partial charge in [-0.1, -0.05) is 24.3 Å². The summed E-state index contributed by atoms with van der Waals surface area (Å²) in [7, 11) is 1.68. The Morgan fingerprint density at radius 2 is 1.73 bits per heavy atom. The summed E-state index contributed by atoms with van der Waals surface area (Å²) in [5.41, 5.74) is 4.16. The molecular weight excluding hydrogens is 416 g/mol. The molecule has 2 atom stereocenters. The van der Waals surface area contributed by atoms with Crippen molar-refractivity contribution in [3.63, 3.8) is 0 Å². The van der Waals surface area contributed by atoms with Crippen LogP contribution >= 0.6 is 0 Å². The van der Waals surface area contributed by atoms with Crippen molar-refractivity contribution in [2.45, 2.75) is 32.5 Å². The highest BCUT2D eigenvalue weighted by atomic mass is 16.5. The summed E-state index contributed by atoms with van der Waals surface area (Å²) < 4.78 is 23.5. The first kappa shape index (κ1) is 21.2. The molecular formula is C27H28N2O4. The quantitative estimate of drug-likeness (QED) is 0.465. The first-order valence-corrected chi connectivity index (χ1v) is 11.4. The molecule has 0 bridgehead atoms. The highest BCUT2D eigenvalue weighted by Crippen LogP contribution is 2.50. The number of hydrazone groups is 1. The van der Waals surface area contributed by atoms with Gasteiger partial charge >= 0.3 is 0 Å². The van der Waals surface area contributed by atoms with E-state index in [0.29, 0.717) is 13.2 Å². The average Bonchev–Trinajstić information content (AvgIpc) is 3.31. The van der Waals surface area contributed by atoms with Gasteiger partial charge in [0.25, 0.3) is 0 Å². The molecule has 2 heterocycles. The van der Waals surface area contributed by atoms with E-state index in [4.69, 9.17) is 24.0 Å². The molecule has 0 saturated heterocycles. The molecule has 0 amide bonds. The van der Waals surface area contributed by atoms with E-state index < -0.39 is 0 Å². The van der Waals surface area contributed by atoms with Gasteiger partial charge < -0.3 is 18.9 Å². The number of methoxy groups -OCH3 is 1. The maximum absolute atomic E-state index is 6.57. The van der Waals surface area contributed by atoms with Crippen molar-refractivity contribution >= 4 is 5.71 Å². The molecule has 0 unspecified atom stereocenters. The van der Waals surface area contributed by atoms with Gasteiger partial charge in [0.1, 0.15) is 11.5 Å². The van der Waals surface area contributed by atoms with E-state index in [-0.39, 0.29) is 12.3 Å². The highest BCUT2D eigenvalue weighted by molar-refractivity contribution is 6.02. The van der Waals surface area contributed by atoms with Crippen molar-refractivity contribution in [1.29, 1.82) is 0 Å². The number of benzene rings is 3. The molecule has 0 radical (unpaired) electrons. The van der Waals surface area contributed by atoms with E-state index in [1.165, 1.54) is 0 Å². The number of rotatable bonds is 7. The normalized spacial score (nSPS) is 18.6. The van der Waals surface area contributed by atoms with E-state index >= 15 is 0 Å². The Hall–Kier alpha value is -3.67. The van der Waals surface area contributed by atoms with Crippen LogP contribution in [0.1, 0.15) is 49.2 Å². The van der Waals surface area contributed by atoms with Crippen molar-refractivity contribution in [1.82, 2.24) is 5.01 Å². The zero-order chi connectivity index (χ0) is 22.8. The Labute approximate surface area is 194 Å². The molecule has 2 aliphatic heterocycles. The smallest absolute Gasteiger partial charge is 0.214 e. The molecule has 170 valence electrons. The summed E-state index contributed by atoms with van der Waals surface area (Å²) in [4.78, 5) is 0. The molecule has 3 aromatic carbocycles. The first-order chi connectivity index (χ1) is 16.2. The van der Waals surface area contributed by atoms with Gasteiger partial charge in [-0.25, -0.2) is 5.01 Å². The van der Waals surface area contributed by atoms with Crippen molar-refractivity contribution in [3.05, 3.63) is 83.4 Å². The molecule has 5 rings (SSSR count). The third-order valence-corrected chi connectivity index (χ3v) is 5.96. The van der Waals surface area contributed by atoms with E-state index in [9.17, 15) is 0 Å². The SMILES string of the molecule is CCOc1ccc([C@H]2Oc3c(OCC)cccc3[C@@H]3CC(c4cccc(OC)c4)=NN23)cc1. The fourth-order valence-corrected chi connectivity index (χ4v) is 4.45. The Kier molecular flexibility index (Phi) is 5.82. The van der Waals surface area contributed by atoms with Crippen LogP contribution in [0.25, 0.3) is 0 Å². The second-order valence-corrected chi connectivity index (χ2v) is 7.96. The molecule has 0 fully saturated rings. The molecule has 33 heavy (non-hydrogen) atoms. The Bertz CT molecular complexity index is 1160. The second-order valence-electron chi connectivity index (χ2n) is 7.96. The fourth-order valence-electron chi connectivity index (χ4n) is 4.45. The third-order valence-electron chi connectivity index (χ3n) is 5.96. The Balaban J connectivity index is 1.57. The molecule has 6 nitrogen and oxygen atoms in total. The van der Waals surface area contributed by atoms with Crippen molar-refractivity contribution < 1.29 is 18.9 Å². The monoisotopic (exact) mass is 444 g/mol. The molecule has 6 heteroatoms.